The topological polar surface area (TPSA) is 45.1 Å². The first-order chi connectivity index (χ1) is 9.88. The van der Waals surface area contributed by atoms with Crippen molar-refractivity contribution in [3.8, 4) is 0 Å². The van der Waals surface area contributed by atoms with Crippen LogP contribution in [0.3, 0.4) is 0 Å². The van der Waals surface area contributed by atoms with Gasteiger partial charge in [0.15, 0.2) is 0 Å². The van der Waals surface area contributed by atoms with Crippen LogP contribution in [0.2, 0.25) is 0 Å². The molecule has 2 rings (SSSR count). The van der Waals surface area contributed by atoms with Gasteiger partial charge < -0.3 is 10.4 Å². The molecule has 0 spiro atoms. The number of nitrogens with zero attached hydrogens (tertiary/aromatic N) is 1. The predicted molar refractivity (Wildman–Crippen MR) is 69.1 cm³/mol. The molecule has 1 aromatic carbocycles. The second kappa shape index (κ2) is 6.09. The second-order valence-electron chi connectivity index (χ2n) is 4.35. The summed E-state index contributed by atoms with van der Waals surface area (Å²) >= 11 is 0. The molecule has 2 N–H and O–H groups in total. The number of anilines is 1. The van der Waals surface area contributed by atoms with E-state index in [1.165, 1.54) is 36.5 Å². The number of alkyl halides is 3. The SMILES string of the molecule is O[C@H](CNc1ncccc1C(F)(F)F)c1ccc(F)cc1. The smallest absolute Gasteiger partial charge is 0.387 e. The third-order valence-corrected chi connectivity index (χ3v) is 2.83. The molecule has 0 aliphatic rings. The van der Waals surface area contributed by atoms with Crippen molar-refractivity contribution >= 4 is 5.82 Å². The van der Waals surface area contributed by atoms with Gasteiger partial charge in [-0.15, -0.1) is 0 Å². The molecular weight excluding hydrogens is 288 g/mol. The van der Waals surface area contributed by atoms with Gasteiger partial charge in [0.2, 0.25) is 0 Å². The summed E-state index contributed by atoms with van der Waals surface area (Å²) < 4.78 is 51.0. The Morgan fingerprint density at radius 2 is 1.81 bits per heavy atom. The molecule has 2 aromatic rings. The van der Waals surface area contributed by atoms with Crippen LogP contribution in [0.15, 0.2) is 42.6 Å². The number of hydrogen-bond acceptors (Lipinski definition) is 3. The van der Waals surface area contributed by atoms with Gasteiger partial charge in [-0.3, -0.25) is 0 Å². The first-order valence-corrected chi connectivity index (χ1v) is 6.07. The maximum Gasteiger partial charge on any atom is 0.419 e. The lowest BCUT2D eigenvalue weighted by atomic mass is 10.1. The number of aromatic nitrogens is 1. The molecule has 0 radical (unpaired) electrons. The van der Waals surface area contributed by atoms with Crippen LogP contribution in [0.5, 0.6) is 0 Å². The Labute approximate surface area is 118 Å². The lowest BCUT2D eigenvalue weighted by molar-refractivity contribution is -0.137. The Morgan fingerprint density at radius 3 is 2.43 bits per heavy atom. The minimum Gasteiger partial charge on any atom is -0.387 e. The molecule has 0 aliphatic heterocycles. The van der Waals surface area contributed by atoms with Crippen molar-refractivity contribution in [2.24, 2.45) is 0 Å². The van der Waals surface area contributed by atoms with Crippen LogP contribution in [-0.2, 0) is 6.18 Å². The molecule has 0 fully saturated rings. The van der Waals surface area contributed by atoms with Crippen molar-refractivity contribution in [1.82, 2.24) is 4.98 Å². The summed E-state index contributed by atoms with van der Waals surface area (Å²) in [4.78, 5) is 3.62. The average molecular weight is 300 g/mol. The van der Waals surface area contributed by atoms with E-state index >= 15 is 0 Å². The molecule has 1 heterocycles. The van der Waals surface area contributed by atoms with E-state index < -0.39 is 23.7 Å². The van der Waals surface area contributed by atoms with Crippen molar-refractivity contribution in [2.75, 3.05) is 11.9 Å². The third-order valence-electron chi connectivity index (χ3n) is 2.83. The minimum atomic E-state index is -4.53. The van der Waals surface area contributed by atoms with Crippen LogP contribution in [0.4, 0.5) is 23.4 Å². The van der Waals surface area contributed by atoms with Gasteiger partial charge in [0, 0.05) is 12.7 Å². The van der Waals surface area contributed by atoms with Crippen LogP contribution in [0, 0.1) is 5.82 Å². The number of hydrogen-bond donors (Lipinski definition) is 2. The highest BCUT2D eigenvalue weighted by molar-refractivity contribution is 5.45. The molecule has 112 valence electrons. The number of halogens is 4. The molecule has 3 nitrogen and oxygen atoms in total. The summed E-state index contributed by atoms with van der Waals surface area (Å²) in [6.07, 6.45) is -4.38. The fourth-order valence-corrected chi connectivity index (χ4v) is 1.77. The van der Waals surface area contributed by atoms with Crippen molar-refractivity contribution < 1.29 is 22.7 Å². The number of aliphatic hydroxyl groups is 1. The van der Waals surface area contributed by atoms with Crippen LogP contribution in [0.1, 0.15) is 17.2 Å². The van der Waals surface area contributed by atoms with Gasteiger partial charge in [-0.05, 0) is 29.8 Å². The van der Waals surface area contributed by atoms with Crippen LogP contribution in [0.25, 0.3) is 0 Å². The van der Waals surface area contributed by atoms with E-state index in [0.717, 1.165) is 6.07 Å². The number of benzene rings is 1. The maximum absolute atomic E-state index is 12.8. The Morgan fingerprint density at radius 1 is 1.14 bits per heavy atom. The fourth-order valence-electron chi connectivity index (χ4n) is 1.77. The standard InChI is InChI=1S/C14H12F4N2O/c15-10-5-3-9(4-6-10)12(21)8-20-13-11(14(16,17)18)2-1-7-19-13/h1-7,12,21H,8H2,(H,19,20)/t12-/m1/s1. The molecule has 0 amide bonds. The molecule has 0 unspecified atom stereocenters. The third kappa shape index (κ3) is 3.91. The molecule has 0 aliphatic carbocycles. The van der Waals surface area contributed by atoms with Crippen LogP contribution in [-0.4, -0.2) is 16.6 Å². The van der Waals surface area contributed by atoms with Crippen molar-refractivity contribution in [2.45, 2.75) is 12.3 Å². The number of rotatable bonds is 4. The zero-order valence-corrected chi connectivity index (χ0v) is 10.7. The highest BCUT2D eigenvalue weighted by atomic mass is 19.4. The first kappa shape index (κ1) is 15.2. The summed E-state index contributed by atoms with van der Waals surface area (Å²) in [5.74, 6) is -0.811. The molecule has 0 saturated carbocycles. The van der Waals surface area contributed by atoms with Crippen molar-refractivity contribution in [1.29, 1.82) is 0 Å². The largest absolute Gasteiger partial charge is 0.419 e. The summed E-state index contributed by atoms with van der Waals surface area (Å²) in [7, 11) is 0. The predicted octanol–water partition coefficient (Wildman–Crippen LogP) is 3.39. The van der Waals surface area contributed by atoms with Gasteiger partial charge in [-0.2, -0.15) is 13.2 Å². The van der Waals surface area contributed by atoms with Gasteiger partial charge >= 0.3 is 6.18 Å². The number of nitrogens with one attached hydrogen (secondary N) is 1. The highest BCUT2D eigenvalue weighted by Gasteiger charge is 2.34. The Hall–Kier alpha value is -2.15. The molecule has 21 heavy (non-hydrogen) atoms. The summed E-state index contributed by atoms with van der Waals surface area (Å²) in [5, 5.41) is 12.3. The second-order valence-corrected chi connectivity index (χ2v) is 4.35. The first-order valence-electron chi connectivity index (χ1n) is 6.07. The number of pyridine rings is 1. The van der Waals surface area contributed by atoms with E-state index in [0.29, 0.717) is 5.56 Å². The molecule has 0 bridgehead atoms. The lowest BCUT2D eigenvalue weighted by Crippen LogP contribution is -2.17. The maximum atomic E-state index is 12.8. The average Bonchev–Trinajstić information content (AvgIpc) is 2.45. The van der Waals surface area contributed by atoms with Crippen LogP contribution < -0.4 is 5.32 Å². The van der Waals surface area contributed by atoms with Crippen molar-refractivity contribution in [3.05, 3.63) is 59.5 Å². The number of aliphatic hydroxyl groups excluding tert-OH is 1. The zero-order chi connectivity index (χ0) is 15.5. The highest BCUT2D eigenvalue weighted by Crippen LogP contribution is 2.33. The lowest BCUT2D eigenvalue weighted by Gasteiger charge is -2.16. The fraction of sp³-hybridized carbons (Fsp3) is 0.214. The van der Waals surface area contributed by atoms with E-state index in [1.807, 2.05) is 0 Å². The Bertz CT molecular complexity index is 599. The Balaban J connectivity index is 2.08. The van der Waals surface area contributed by atoms with Crippen molar-refractivity contribution in [3.63, 3.8) is 0 Å². The quantitative estimate of drug-likeness (QED) is 0.851. The molecule has 7 heteroatoms. The summed E-state index contributed by atoms with van der Waals surface area (Å²) in [6.45, 7) is -0.175. The van der Waals surface area contributed by atoms with E-state index in [2.05, 4.69) is 10.3 Å². The van der Waals surface area contributed by atoms with Gasteiger partial charge in [0.25, 0.3) is 0 Å². The monoisotopic (exact) mass is 300 g/mol. The van der Waals surface area contributed by atoms with E-state index in [1.54, 1.807) is 0 Å². The molecular formula is C14H12F4N2O. The van der Waals surface area contributed by atoms with Gasteiger partial charge in [0.1, 0.15) is 11.6 Å². The summed E-state index contributed by atoms with van der Waals surface area (Å²) in [6, 6.07) is 7.15. The molecule has 1 atom stereocenters. The van der Waals surface area contributed by atoms with E-state index in [9.17, 15) is 22.7 Å². The van der Waals surface area contributed by atoms with Gasteiger partial charge in [0.05, 0.1) is 11.7 Å². The molecule has 0 saturated heterocycles. The minimum absolute atomic E-state index is 0.175. The van der Waals surface area contributed by atoms with Gasteiger partial charge in [-0.25, -0.2) is 9.37 Å². The van der Waals surface area contributed by atoms with Crippen LogP contribution >= 0.6 is 0 Å². The van der Waals surface area contributed by atoms with E-state index in [4.69, 9.17) is 0 Å². The van der Waals surface area contributed by atoms with Gasteiger partial charge in [-0.1, -0.05) is 12.1 Å². The van der Waals surface area contributed by atoms with E-state index in [-0.39, 0.29) is 12.4 Å². The Kier molecular flexibility index (Phi) is 4.42. The summed E-state index contributed by atoms with van der Waals surface area (Å²) in [5.41, 5.74) is -0.510. The molecule has 1 aromatic heterocycles. The normalized spacial score (nSPS) is 13.0. The zero-order valence-electron chi connectivity index (χ0n) is 10.7.